The lowest BCUT2D eigenvalue weighted by Crippen LogP contribution is -2.28. The van der Waals surface area contributed by atoms with Crippen LogP contribution in [0.25, 0.3) is 0 Å². The predicted octanol–water partition coefficient (Wildman–Crippen LogP) is 4.72. The van der Waals surface area contributed by atoms with E-state index in [1.54, 1.807) is 42.7 Å². The Bertz CT molecular complexity index is 896. The number of nitrogens with one attached hydrogen (secondary N) is 3. The van der Waals surface area contributed by atoms with Gasteiger partial charge >= 0.3 is 6.03 Å². The van der Waals surface area contributed by atoms with Gasteiger partial charge in [-0.1, -0.05) is 18.2 Å². The average Bonchev–Trinajstić information content (AvgIpc) is 3.22. The van der Waals surface area contributed by atoms with Gasteiger partial charge < -0.3 is 20.4 Å². The molecule has 1 unspecified atom stereocenters. The first-order chi connectivity index (χ1) is 13.6. The molecule has 0 fully saturated rings. The monoisotopic (exact) mass is 395 g/mol. The number of hydrogen-bond acceptors (Lipinski definition) is 4. The minimum Gasteiger partial charge on any atom is -0.467 e. The lowest BCUT2D eigenvalue weighted by molar-refractivity contribution is -0.115. The third kappa shape index (κ3) is 5.92. The molecule has 1 aromatic heterocycles. The second-order valence-corrected chi connectivity index (χ2v) is 7.44. The quantitative estimate of drug-likeness (QED) is 0.506. The SMILES string of the molecule is CC(Sc1ccccc1)C(=O)Nc1ccc(NC(=O)NCc2ccco2)cc1. The number of amides is 3. The number of hydrogen-bond donors (Lipinski definition) is 3. The van der Waals surface area contributed by atoms with Gasteiger partial charge in [-0.15, -0.1) is 11.8 Å². The van der Waals surface area contributed by atoms with E-state index in [0.29, 0.717) is 23.7 Å². The summed E-state index contributed by atoms with van der Waals surface area (Å²) in [6, 6.07) is 20.0. The molecule has 3 rings (SSSR count). The van der Waals surface area contributed by atoms with E-state index in [2.05, 4.69) is 16.0 Å². The fourth-order valence-electron chi connectivity index (χ4n) is 2.39. The molecule has 2 aromatic carbocycles. The van der Waals surface area contributed by atoms with E-state index in [0.717, 1.165) is 4.90 Å². The number of urea groups is 1. The van der Waals surface area contributed by atoms with E-state index >= 15 is 0 Å². The maximum Gasteiger partial charge on any atom is 0.319 e. The van der Waals surface area contributed by atoms with Crippen LogP contribution in [-0.4, -0.2) is 17.2 Å². The first kappa shape index (κ1) is 19.6. The number of rotatable bonds is 7. The summed E-state index contributed by atoms with van der Waals surface area (Å²) in [4.78, 5) is 25.3. The van der Waals surface area contributed by atoms with Crippen LogP contribution in [-0.2, 0) is 11.3 Å². The third-order valence-electron chi connectivity index (χ3n) is 3.84. The Balaban J connectivity index is 1.46. The van der Waals surface area contributed by atoms with Crippen LogP contribution in [0, 0.1) is 0 Å². The molecule has 1 atom stereocenters. The highest BCUT2D eigenvalue weighted by atomic mass is 32.2. The summed E-state index contributed by atoms with van der Waals surface area (Å²) in [5.74, 6) is 0.599. The fourth-order valence-corrected chi connectivity index (χ4v) is 3.28. The highest BCUT2D eigenvalue weighted by molar-refractivity contribution is 8.00. The first-order valence-electron chi connectivity index (χ1n) is 8.80. The summed E-state index contributed by atoms with van der Waals surface area (Å²) in [6.45, 7) is 2.18. The van der Waals surface area contributed by atoms with Crippen LogP contribution < -0.4 is 16.0 Å². The molecule has 3 N–H and O–H groups in total. The van der Waals surface area contributed by atoms with Gasteiger partial charge in [0, 0.05) is 16.3 Å². The van der Waals surface area contributed by atoms with Crippen molar-refractivity contribution in [2.75, 3.05) is 10.6 Å². The molecule has 6 nitrogen and oxygen atoms in total. The first-order valence-corrected chi connectivity index (χ1v) is 9.68. The smallest absolute Gasteiger partial charge is 0.319 e. The Morgan fingerprint density at radius 1 is 0.929 bits per heavy atom. The molecule has 0 saturated carbocycles. The van der Waals surface area contributed by atoms with Gasteiger partial charge in [-0.25, -0.2) is 4.79 Å². The van der Waals surface area contributed by atoms with E-state index in [9.17, 15) is 9.59 Å². The highest BCUT2D eigenvalue weighted by Crippen LogP contribution is 2.24. The van der Waals surface area contributed by atoms with Crippen molar-refractivity contribution in [1.82, 2.24) is 5.32 Å². The Morgan fingerprint density at radius 3 is 2.25 bits per heavy atom. The van der Waals surface area contributed by atoms with Crippen LogP contribution >= 0.6 is 11.8 Å². The summed E-state index contributed by atoms with van der Waals surface area (Å²) >= 11 is 1.50. The molecule has 0 radical (unpaired) electrons. The maximum absolute atomic E-state index is 12.4. The lowest BCUT2D eigenvalue weighted by atomic mass is 10.2. The zero-order valence-electron chi connectivity index (χ0n) is 15.3. The van der Waals surface area contributed by atoms with Crippen LogP contribution in [0.3, 0.4) is 0 Å². The number of benzene rings is 2. The molecule has 0 aliphatic carbocycles. The molecule has 0 bridgehead atoms. The van der Waals surface area contributed by atoms with Crippen molar-refractivity contribution < 1.29 is 14.0 Å². The number of carbonyl (C=O) groups excluding carboxylic acids is 2. The van der Waals surface area contributed by atoms with E-state index in [1.807, 2.05) is 37.3 Å². The maximum atomic E-state index is 12.4. The summed E-state index contributed by atoms with van der Waals surface area (Å²) in [6.07, 6.45) is 1.56. The molecule has 144 valence electrons. The van der Waals surface area contributed by atoms with Gasteiger partial charge in [-0.3, -0.25) is 4.79 Å². The molecule has 28 heavy (non-hydrogen) atoms. The number of carbonyl (C=O) groups is 2. The van der Waals surface area contributed by atoms with E-state index in [-0.39, 0.29) is 17.2 Å². The zero-order valence-corrected chi connectivity index (χ0v) is 16.2. The van der Waals surface area contributed by atoms with E-state index < -0.39 is 0 Å². The second kappa shape index (κ2) is 9.66. The average molecular weight is 395 g/mol. The number of furan rings is 1. The van der Waals surface area contributed by atoms with Crippen molar-refractivity contribution in [2.45, 2.75) is 23.6 Å². The third-order valence-corrected chi connectivity index (χ3v) is 4.95. The molecule has 1 heterocycles. The Morgan fingerprint density at radius 2 is 1.61 bits per heavy atom. The van der Waals surface area contributed by atoms with Crippen LogP contribution in [0.1, 0.15) is 12.7 Å². The molecule has 0 saturated heterocycles. The van der Waals surface area contributed by atoms with Crippen LogP contribution in [0.2, 0.25) is 0 Å². The van der Waals surface area contributed by atoms with Gasteiger partial charge in [0.1, 0.15) is 5.76 Å². The molecule has 3 amide bonds. The van der Waals surface area contributed by atoms with Crippen molar-refractivity contribution in [3.63, 3.8) is 0 Å². The molecule has 0 aliphatic rings. The molecular formula is C21H21N3O3S. The molecule has 3 aromatic rings. The predicted molar refractivity (Wildman–Crippen MR) is 111 cm³/mol. The largest absolute Gasteiger partial charge is 0.467 e. The van der Waals surface area contributed by atoms with Gasteiger partial charge in [0.25, 0.3) is 0 Å². The Kier molecular flexibility index (Phi) is 6.75. The van der Waals surface area contributed by atoms with Crippen LogP contribution in [0.4, 0.5) is 16.2 Å². The molecule has 0 spiro atoms. The summed E-state index contributed by atoms with van der Waals surface area (Å²) in [7, 11) is 0. The Labute approximate surface area is 167 Å². The number of anilines is 2. The zero-order chi connectivity index (χ0) is 19.8. The molecular weight excluding hydrogens is 374 g/mol. The lowest BCUT2D eigenvalue weighted by Gasteiger charge is -2.12. The van der Waals surface area contributed by atoms with Crippen molar-refractivity contribution in [3.8, 4) is 0 Å². The van der Waals surface area contributed by atoms with Gasteiger partial charge in [0.05, 0.1) is 18.1 Å². The summed E-state index contributed by atoms with van der Waals surface area (Å²) in [5, 5.41) is 8.09. The summed E-state index contributed by atoms with van der Waals surface area (Å²) in [5.41, 5.74) is 1.30. The molecule has 7 heteroatoms. The van der Waals surface area contributed by atoms with Crippen LogP contribution in [0.5, 0.6) is 0 Å². The van der Waals surface area contributed by atoms with E-state index in [1.165, 1.54) is 11.8 Å². The van der Waals surface area contributed by atoms with Crippen LogP contribution in [0.15, 0.2) is 82.3 Å². The van der Waals surface area contributed by atoms with Crippen molar-refractivity contribution in [1.29, 1.82) is 0 Å². The molecule has 0 aliphatic heterocycles. The van der Waals surface area contributed by atoms with Crippen molar-refractivity contribution >= 4 is 35.1 Å². The van der Waals surface area contributed by atoms with Gasteiger partial charge in [0.15, 0.2) is 0 Å². The Hall–Kier alpha value is -3.19. The fraction of sp³-hybridized carbons (Fsp3) is 0.143. The van der Waals surface area contributed by atoms with Gasteiger partial charge in [0.2, 0.25) is 5.91 Å². The second-order valence-electron chi connectivity index (χ2n) is 6.03. The number of thioether (sulfide) groups is 1. The van der Waals surface area contributed by atoms with Gasteiger partial charge in [-0.05, 0) is 55.5 Å². The minimum atomic E-state index is -0.332. The standard InChI is InChI=1S/C21H21N3O3S/c1-15(28-19-7-3-2-4-8-19)20(25)23-16-9-11-17(12-10-16)24-21(26)22-14-18-6-5-13-27-18/h2-13,15H,14H2,1H3,(H,23,25)(H2,22,24,26). The summed E-state index contributed by atoms with van der Waals surface area (Å²) < 4.78 is 5.16. The normalized spacial score (nSPS) is 11.5. The van der Waals surface area contributed by atoms with Gasteiger partial charge in [-0.2, -0.15) is 0 Å². The van der Waals surface area contributed by atoms with Crippen molar-refractivity contribution in [2.24, 2.45) is 0 Å². The highest BCUT2D eigenvalue weighted by Gasteiger charge is 2.14. The minimum absolute atomic E-state index is 0.0780. The topological polar surface area (TPSA) is 83.4 Å². The van der Waals surface area contributed by atoms with Crippen molar-refractivity contribution in [3.05, 3.63) is 78.8 Å². The van der Waals surface area contributed by atoms with E-state index in [4.69, 9.17) is 4.42 Å².